The summed E-state index contributed by atoms with van der Waals surface area (Å²) in [5, 5.41) is 12.7. The Balaban J connectivity index is 2.56. The minimum absolute atomic E-state index is 0.0236. The van der Waals surface area contributed by atoms with E-state index in [4.69, 9.17) is 13.9 Å². The Morgan fingerprint density at radius 1 is 1.00 bits per heavy atom. The van der Waals surface area contributed by atoms with Gasteiger partial charge in [-0.15, -0.1) is 0 Å². The van der Waals surface area contributed by atoms with Crippen LogP contribution in [0.2, 0.25) is 16.6 Å². The average Bonchev–Trinajstić information content (AvgIpc) is 3.23. The number of halogens is 1. The third-order valence-corrected chi connectivity index (χ3v) is 16.0. The number of anilines is 1. The van der Waals surface area contributed by atoms with Gasteiger partial charge >= 0.3 is 11.9 Å². The standard InChI is InChI=1S/C35H45BrN2O8Si/c1-10-19-44-32(40)35(33(41)45-20-11-2,28-17-16-26(36)22-30(28)38(42)43)34(27-14-12-13-15-29(27)37(9)31(34)39)18-21-46-47(23(3)4,24(5)6)25(7)8/h10-17,22-25H,1-2,18-21H2,3-9H3. The Hall–Kier alpha value is -3.61. The molecule has 0 radical (unpaired) electrons. The van der Waals surface area contributed by atoms with E-state index in [-0.39, 0.29) is 48.4 Å². The first-order chi connectivity index (χ1) is 22.1. The molecule has 1 aliphatic heterocycles. The number of carbonyl (C=O) groups excluding carboxylic acids is 3. The number of esters is 2. The number of hydrogen-bond acceptors (Lipinski definition) is 8. The molecule has 0 saturated heterocycles. The van der Waals surface area contributed by atoms with Gasteiger partial charge in [-0.05, 0) is 46.8 Å². The number of hydrogen-bond donors (Lipinski definition) is 0. The fraction of sp³-hybridized carbons (Fsp3) is 0.457. The van der Waals surface area contributed by atoms with Crippen molar-refractivity contribution < 1.29 is 33.2 Å². The van der Waals surface area contributed by atoms with Gasteiger partial charge in [0.05, 0.1) is 10.5 Å². The van der Waals surface area contributed by atoms with Crippen molar-refractivity contribution >= 4 is 53.5 Å². The van der Waals surface area contributed by atoms with E-state index in [1.165, 1.54) is 35.3 Å². The lowest BCUT2D eigenvalue weighted by Gasteiger charge is -2.46. The monoisotopic (exact) mass is 728 g/mol. The van der Waals surface area contributed by atoms with E-state index < -0.39 is 47.6 Å². The summed E-state index contributed by atoms with van der Waals surface area (Å²) in [4.78, 5) is 58.0. The Morgan fingerprint density at radius 3 is 2.02 bits per heavy atom. The van der Waals surface area contributed by atoms with Crippen LogP contribution >= 0.6 is 15.9 Å². The summed E-state index contributed by atoms with van der Waals surface area (Å²) >= 11 is 3.28. The molecule has 1 amide bonds. The highest BCUT2D eigenvalue weighted by molar-refractivity contribution is 9.10. The number of rotatable bonds is 16. The molecule has 0 N–H and O–H groups in total. The maximum Gasteiger partial charge on any atom is 0.330 e. The van der Waals surface area contributed by atoms with E-state index in [1.807, 2.05) is 0 Å². The molecule has 1 heterocycles. The van der Waals surface area contributed by atoms with Crippen molar-refractivity contribution in [3.8, 4) is 0 Å². The average molecular weight is 730 g/mol. The highest BCUT2D eigenvalue weighted by Gasteiger charge is 2.73. The Kier molecular flexibility index (Phi) is 12.1. The molecule has 0 spiro atoms. The van der Waals surface area contributed by atoms with Crippen LogP contribution in [0.4, 0.5) is 11.4 Å². The molecule has 1 atom stereocenters. The first kappa shape index (κ1) is 37.8. The molecule has 10 nitrogen and oxygen atoms in total. The molecule has 47 heavy (non-hydrogen) atoms. The summed E-state index contributed by atoms with van der Waals surface area (Å²) in [5.41, 5.74) is -4.34. The van der Waals surface area contributed by atoms with Crippen molar-refractivity contribution in [1.29, 1.82) is 0 Å². The maximum atomic E-state index is 15.0. The van der Waals surface area contributed by atoms with Crippen LogP contribution in [0.5, 0.6) is 0 Å². The van der Waals surface area contributed by atoms with E-state index in [2.05, 4.69) is 70.6 Å². The number of amides is 1. The second kappa shape index (κ2) is 15.1. The molecule has 12 heteroatoms. The number of nitro benzene ring substituents is 1. The fourth-order valence-corrected chi connectivity index (χ4v) is 13.5. The highest BCUT2D eigenvalue weighted by Crippen LogP contribution is 2.58. The molecule has 0 bridgehead atoms. The van der Waals surface area contributed by atoms with Crippen molar-refractivity contribution in [2.45, 2.75) is 75.4 Å². The van der Waals surface area contributed by atoms with Crippen LogP contribution in [0.15, 0.2) is 72.2 Å². The van der Waals surface area contributed by atoms with Crippen LogP contribution < -0.4 is 4.90 Å². The summed E-state index contributed by atoms with van der Waals surface area (Å²) in [6.45, 7) is 19.3. The molecule has 2 aromatic rings. The van der Waals surface area contributed by atoms with Crippen LogP contribution in [-0.2, 0) is 39.1 Å². The second-order valence-corrected chi connectivity index (χ2v) is 19.0. The molecule has 3 rings (SSSR count). The molecular formula is C35H45BrN2O8Si. The van der Waals surface area contributed by atoms with Crippen LogP contribution in [0, 0.1) is 10.1 Å². The quantitative estimate of drug-likeness (QED) is 0.0433. The molecule has 1 aliphatic rings. The van der Waals surface area contributed by atoms with Gasteiger partial charge in [0, 0.05) is 29.9 Å². The minimum Gasteiger partial charge on any atom is -0.460 e. The zero-order valence-electron chi connectivity index (χ0n) is 28.2. The molecular weight excluding hydrogens is 684 g/mol. The number of nitrogens with zero attached hydrogens (tertiary/aromatic N) is 2. The largest absolute Gasteiger partial charge is 0.460 e. The predicted octanol–water partition coefficient (Wildman–Crippen LogP) is 7.55. The molecule has 254 valence electrons. The fourth-order valence-electron chi connectivity index (χ4n) is 7.65. The zero-order chi connectivity index (χ0) is 35.3. The SMILES string of the molecule is C=CCOC(=O)C(C(=O)OCC=C)(c1ccc(Br)cc1[N+](=O)[O-])C1(CCO[Si](C(C)C)(C(C)C)C(C)C)C(=O)N(C)c2ccccc21. The van der Waals surface area contributed by atoms with E-state index in [0.29, 0.717) is 15.7 Å². The van der Waals surface area contributed by atoms with E-state index in [9.17, 15) is 19.7 Å². The van der Waals surface area contributed by atoms with Crippen molar-refractivity contribution in [2.24, 2.45) is 0 Å². The molecule has 1 unspecified atom stereocenters. The number of fused-ring (bicyclic) bond motifs is 1. The molecule has 0 aromatic heterocycles. The first-order valence-electron chi connectivity index (χ1n) is 15.6. The Labute approximate surface area is 286 Å². The summed E-state index contributed by atoms with van der Waals surface area (Å²) in [7, 11) is -0.987. The van der Waals surface area contributed by atoms with Gasteiger partial charge < -0.3 is 18.8 Å². The molecule has 0 fully saturated rings. The minimum atomic E-state index is -2.69. The topological polar surface area (TPSA) is 125 Å². The van der Waals surface area contributed by atoms with Crippen molar-refractivity contribution in [3.05, 3.63) is 93.5 Å². The van der Waals surface area contributed by atoms with Gasteiger partial charge in [-0.3, -0.25) is 24.5 Å². The summed E-state index contributed by atoms with van der Waals surface area (Å²) in [6, 6.07) is 10.8. The van der Waals surface area contributed by atoms with E-state index >= 15 is 4.79 Å². The smallest absolute Gasteiger partial charge is 0.330 e. The summed E-state index contributed by atoms with van der Waals surface area (Å²) < 4.78 is 18.6. The number of para-hydroxylation sites is 1. The van der Waals surface area contributed by atoms with Crippen molar-refractivity contribution in [1.82, 2.24) is 0 Å². The molecule has 0 saturated carbocycles. The second-order valence-electron chi connectivity index (χ2n) is 12.6. The number of likely N-dealkylation sites (N-methyl/N-ethyl adjacent to an activating group) is 1. The lowest BCUT2D eigenvalue weighted by Crippen LogP contribution is -2.65. The predicted molar refractivity (Wildman–Crippen MR) is 188 cm³/mol. The van der Waals surface area contributed by atoms with Gasteiger partial charge in [-0.2, -0.15) is 0 Å². The maximum absolute atomic E-state index is 15.0. The molecule has 0 aliphatic carbocycles. The zero-order valence-corrected chi connectivity index (χ0v) is 30.8. The lowest BCUT2D eigenvalue weighted by atomic mass is 9.55. The van der Waals surface area contributed by atoms with Gasteiger partial charge in [-0.25, -0.2) is 0 Å². The van der Waals surface area contributed by atoms with Gasteiger partial charge in [-0.1, -0.05) is 101 Å². The lowest BCUT2D eigenvalue weighted by molar-refractivity contribution is -0.386. The van der Waals surface area contributed by atoms with Crippen LogP contribution in [0.1, 0.15) is 59.1 Å². The third-order valence-electron chi connectivity index (χ3n) is 9.41. The number of ether oxygens (including phenoxy) is 2. The highest BCUT2D eigenvalue weighted by atomic mass is 79.9. The summed E-state index contributed by atoms with van der Waals surface area (Å²) in [6.07, 6.45) is 2.44. The van der Waals surface area contributed by atoms with Gasteiger partial charge in [0.25, 0.3) is 5.69 Å². The normalized spacial score (nSPS) is 16.4. The van der Waals surface area contributed by atoms with Crippen LogP contribution in [0.3, 0.4) is 0 Å². The molecule has 2 aromatic carbocycles. The van der Waals surface area contributed by atoms with Gasteiger partial charge in [0.15, 0.2) is 8.32 Å². The van der Waals surface area contributed by atoms with Crippen LogP contribution in [0.25, 0.3) is 0 Å². The summed E-state index contributed by atoms with van der Waals surface area (Å²) in [5.74, 6) is -3.00. The Morgan fingerprint density at radius 2 is 1.53 bits per heavy atom. The Bertz CT molecular complexity index is 1500. The number of carbonyl (C=O) groups is 3. The number of benzene rings is 2. The number of nitro groups is 1. The van der Waals surface area contributed by atoms with Crippen molar-refractivity contribution in [3.63, 3.8) is 0 Å². The van der Waals surface area contributed by atoms with Crippen molar-refractivity contribution in [2.75, 3.05) is 31.8 Å². The van der Waals surface area contributed by atoms with Crippen LogP contribution in [-0.4, -0.2) is 58.0 Å². The van der Waals surface area contributed by atoms with E-state index in [0.717, 1.165) is 0 Å². The first-order valence-corrected chi connectivity index (χ1v) is 18.6. The van der Waals surface area contributed by atoms with E-state index in [1.54, 1.807) is 31.3 Å². The third kappa shape index (κ3) is 6.22. The van der Waals surface area contributed by atoms with Gasteiger partial charge in [0.2, 0.25) is 11.3 Å². The van der Waals surface area contributed by atoms with Gasteiger partial charge in [0.1, 0.15) is 18.6 Å².